The predicted molar refractivity (Wildman–Crippen MR) is 106 cm³/mol. The predicted octanol–water partition coefficient (Wildman–Crippen LogP) is 4.46. The summed E-state index contributed by atoms with van der Waals surface area (Å²) in [5.41, 5.74) is 3.60. The average molecular weight is 356 g/mol. The van der Waals surface area contributed by atoms with Gasteiger partial charge in [0.05, 0.1) is 19.8 Å². The molecule has 4 nitrogen and oxygen atoms in total. The molecule has 1 atom stereocenters. The number of aryl methyl sites for hydroxylation is 1. The first-order chi connectivity index (χ1) is 12.2. The number of nitrogens with one attached hydrogen (secondary N) is 2. The Morgan fingerprint density at radius 1 is 1.16 bits per heavy atom. The van der Waals surface area contributed by atoms with Crippen molar-refractivity contribution < 1.29 is 9.47 Å². The van der Waals surface area contributed by atoms with Crippen molar-refractivity contribution in [3.63, 3.8) is 0 Å². The van der Waals surface area contributed by atoms with Crippen LogP contribution >= 0.6 is 12.2 Å². The van der Waals surface area contributed by atoms with Crippen LogP contribution in [-0.4, -0.2) is 18.8 Å². The molecular formula is C20H24N2O2S. The van der Waals surface area contributed by atoms with E-state index in [4.69, 9.17) is 21.7 Å². The summed E-state index contributed by atoms with van der Waals surface area (Å²) in [6, 6.07) is 14.3. The second-order valence-corrected chi connectivity index (χ2v) is 6.47. The van der Waals surface area contributed by atoms with Crippen molar-refractivity contribution in [1.29, 1.82) is 0 Å². The molecule has 0 fully saturated rings. The molecule has 0 saturated heterocycles. The highest BCUT2D eigenvalue weighted by Gasteiger charge is 2.21. The van der Waals surface area contributed by atoms with Crippen molar-refractivity contribution in [1.82, 2.24) is 5.32 Å². The van der Waals surface area contributed by atoms with Crippen molar-refractivity contribution in [2.75, 3.05) is 19.0 Å². The maximum Gasteiger partial charge on any atom is 0.171 e. The standard InChI is InChI=1S/C20H24N2O2S/c1-3-24-16-9-7-15(8-10-16)21-20(25)22-19-6-4-5-14-13-17(23-2)11-12-18(14)19/h7-13,19H,3-6H2,1-2H3,(H2,21,22,25)/t19-/m0/s1. The monoisotopic (exact) mass is 356 g/mol. The minimum Gasteiger partial charge on any atom is -0.497 e. The van der Waals surface area contributed by atoms with Gasteiger partial charge in [-0.2, -0.15) is 0 Å². The van der Waals surface area contributed by atoms with E-state index in [-0.39, 0.29) is 6.04 Å². The Balaban J connectivity index is 1.64. The fourth-order valence-electron chi connectivity index (χ4n) is 3.19. The van der Waals surface area contributed by atoms with Gasteiger partial charge < -0.3 is 20.1 Å². The Morgan fingerprint density at radius 3 is 2.64 bits per heavy atom. The van der Waals surface area contributed by atoms with Crippen LogP contribution in [0.15, 0.2) is 42.5 Å². The Kier molecular flexibility index (Phi) is 5.76. The number of rotatable bonds is 5. The highest BCUT2D eigenvalue weighted by atomic mass is 32.1. The first kappa shape index (κ1) is 17.5. The average Bonchev–Trinajstić information content (AvgIpc) is 2.63. The van der Waals surface area contributed by atoms with Gasteiger partial charge in [-0.3, -0.25) is 0 Å². The molecule has 0 unspecified atom stereocenters. The van der Waals surface area contributed by atoms with E-state index in [1.165, 1.54) is 11.1 Å². The van der Waals surface area contributed by atoms with Gasteiger partial charge in [0.2, 0.25) is 0 Å². The maximum absolute atomic E-state index is 5.50. The van der Waals surface area contributed by atoms with E-state index < -0.39 is 0 Å². The molecule has 132 valence electrons. The van der Waals surface area contributed by atoms with Crippen molar-refractivity contribution in [3.8, 4) is 11.5 Å². The number of hydrogen-bond donors (Lipinski definition) is 2. The molecule has 2 aromatic rings. The number of methoxy groups -OCH3 is 1. The summed E-state index contributed by atoms with van der Waals surface area (Å²) in [6.45, 7) is 2.64. The van der Waals surface area contributed by atoms with Gasteiger partial charge in [0.15, 0.2) is 5.11 Å². The summed E-state index contributed by atoms with van der Waals surface area (Å²) < 4.78 is 10.8. The zero-order valence-corrected chi connectivity index (χ0v) is 15.5. The van der Waals surface area contributed by atoms with Gasteiger partial charge in [0.25, 0.3) is 0 Å². The summed E-state index contributed by atoms with van der Waals surface area (Å²) in [6.07, 6.45) is 3.30. The molecule has 0 amide bonds. The molecule has 0 heterocycles. The fraction of sp³-hybridized carbons (Fsp3) is 0.350. The molecule has 1 aliphatic carbocycles. The van der Waals surface area contributed by atoms with E-state index >= 15 is 0 Å². The second-order valence-electron chi connectivity index (χ2n) is 6.07. The Labute approximate surface area is 154 Å². The summed E-state index contributed by atoms with van der Waals surface area (Å²) in [5, 5.41) is 7.34. The first-order valence-corrected chi connectivity index (χ1v) is 9.07. The molecule has 0 aromatic heterocycles. The van der Waals surface area contributed by atoms with Crippen LogP contribution < -0.4 is 20.1 Å². The highest BCUT2D eigenvalue weighted by Crippen LogP contribution is 2.32. The molecule has 0 radical (unpaired) electrons. The van der Waals surface area contributed by atoms with Crippen molar-refractivity contribution in [3.05, 3.63) is 53.6 Å². The molecule has 5 heteroatoms. The van der Waals surface area contributed by atoms with Gasteiger partial charge in [0, 0.05) is 5.69 Å². The fourth-order valence-corrected chi connectivity index (χ4v) is 3.45. The third-order valence-electron chi connectivity index (χ3n) is 4.39. The minimum atomic E-state index is 0.234. The molecule has 0 bridgehead atoms. The first-order valence-electron chi connectivity index (χ1n) is 8.66. The summed E-state index contributed by atoms with van der Waals surface area (Å²) in [4.78, 5) is 0. The molecule has 1 aliphatic rings. The van der Waals surface area contributed by atoms with Crippen LogP contribution in [0, 0.1) is 0 Å². The van der Waals surface area contributed by atoms with E-state index in [0.29, 0.717) is 11.7 Å². The summed E-state index contributed by atoms with van der Waals surface area (Å²) >= 11 is 5.50. The number of anilines is 1. The molecule has 0 spiro atoms. The molecule has 3 rings (SSSR count). The van der Waals surface area contributed by atoms with Crippen molar-refractivity contribution in [2.24, 2.45) is 0 Å². The van der Waals surface area contributed by atoms with Gasteiger partial charge in [-0.05, 0) is 85.9 Å². The number of ether oxygens (including phenoxy) is 2. The Bertz CT molecular complexity index is 731. The third-order valence-corrected chi connectivity index (χ3v) is 4.61. The molecule has 2 aromatic carbocycles. The molecule has 2 N–H and O–H groups in total. The zero-order valence-electron chi connectivity index (χ0n) is 14.7. The summed E-state index contributed by atoms with van der Waals surface area (Å²) in [7, 11) is 1.70. The van der Waals surface area contributed by atoms with Gasteiger partial charge in [0.1, 0.15) is 11.5 Å². The van der Waals surface area contributed by atoms with E-state index in [2.05, 4.69) is 22.8 Å². The van der Waals surface area contributed by atoms with Crippen LogP contribution in [0.5, 0.6) is 11.5 Å². The smallest absolute Gasteiger partial charge is 0.171 e. The van der Waals surface area contributed by atoms with Crippen LogP contribution in [0.25, 0.3) is 0 Å². The Hall–Kier alpha value is -2.27. The minimum absolute atomic E-state index is 0.234. The topological polar surface area (TPSA) is 42.5 Å². The second kappa shape index (κ2) is 8.21. The zero-order chi connectivity index (χ0) is 17.6. The van der Waals surface area contributed by atoms with E-state index in [0.717, 1.165) is 36.4 Å². The number of thiocarbonyl (C=S) groups is 1. The normalized spacial score (nSPS) is 15.8. The highest BCUT2D eigenvalue weighted by molar-refractivity contribution is 7.80. The SMILES string of the molecule is CCOc1ccc(NC(=S)N[C@H]2CCCc3cc(OC)ccc32)cc1. The number of fused-ring (bicyclic) bond motifs is 1. The lowest BCUT2D eigenvalue weighted by molar-refractivity contribution is 0.340. The number of benzene rings is 2. The van der Waals surface area contributed by atoms with Crippen LogP contribution in [-0.2, 0) is 6.42 Å². The number of hydrogen-bond acceptors (Lipinski definition) is 3. The lowest BCUT2D eigenvalue weighted by Crippen LogP contribution is -2.34. The molecule has 0 saturated carbocycles. The summed E-state index contributed by atoms with van der Waals surface area (Å²) in [5.74, 6) is 1.77. The van der Waals surface area contributed by atoms with Crippen LogP contribution in [0.2, 0.25) is 0 Å². The van der Waals surface area contributed by atoms with Crippen molar-refractivity contribution in [2.45, 2.75) is 32.2 Å². The Morgan fingerprint density at radius 2 is 1.92 bits per heavy atom. The lowest BCUT2D eigenvalue weighted by atomic mass is 9.87. The quantitative estimate of drug-likeness (QED) is 0.775. The maximum atomic E-state index is 5.50. The van der Waals surface area contributed by atoms with Gasteiger partial charge >= 0.3 is 0 Å². The van der Waals surface area contributed by atoms with Gasteiger partial charge in [-0.25, -0.2) is 0 Å². The largest absolute Gasteiger partial charge is 0.497 e. The third kappa shape index (κ3) is 4.42. The van der Waals surface area contributed by atoms with E-state index in [9.17, 15) is 0 Å². The van der Waals surface area contributed by atoms with Crippen LogP contribution in [0.3, 0.4) is 0 Å². The van der Waals surface area contributed by atoms with Gasteiger partial charge in [-0.15, -0.1) is 0 Å². The lowest BCUT2D eigenvalue weighted by Gasteiger charge is -2.28. The van der Waals surface area contributed by atoms with E-state index in [1.54, 1.807) is 7.11 Å². The molecular weight excluding hydrogens is 332 g/mol. The van der Waals surface area contributed by atoms with E-state index in [1.807, 2.05) is 37.3 Å². The molecule has 25 heavy (non-hydrogen) atoms. The van der Waals surface area contributed by atoms with Crippen molar-refractivity contribution >= 4 is 23.0 Å². The van der Waals surface area contributed by atoms with Gasteiger partial charge in [-0.1, -0.05) is 6.07 Å². The van der Waals surface area contributed by atoms with Crippen LogP contribution in [0.1, 0.15) is 36.9 Å². The van der Waals surface area contributed by atoms with Crippen LogP contribution in [0.4, 0.5) is 5.69 Å². The molecule has 0 aliphatic heterocycles.